The third-order valence-corrected chi connectivity index (χ3v) is 3.31. The fraction of sp³-hybridized carbons (Fsp3) is 1.00. The van der Waals surface area contributed by atoms with Crippen LogP contribution in [0.1, 0.15) is 40.0 Å². The second-order valence-corrected chi connectivity index (χ2v) is 6.24. The lowest BCUT2D eigenvalue weighted by atomic mass is 10.1. The molecule has 0 radical (unpaired) electrons. The summed E-state index contributed by atoms with van der Waals surface area (Å²) in [7, 11) is -2.85. The quantitative estimate of drug-likeness (QED) is 0.710. The van der Waals surface area contributed by atoms with E-state index in [0.717, 1.165) is 19.3 Å². The van der Waals surface area contributed by atoms with Crippen LogP contribution in [-0.4, -0.2) is 32.5 Å². The van der Waals surface area contributed by atoms with E-state index in [1.807, 2.05) is 6.92 Å². The Labute approximate surface area is 88.2 Å². The topological polar surface area (TPSA) is 46.2 Å². The Morgan fingerprint density at radius 1 is 1.29 bits per heavy atom. The summed E-state index contributed by atoms with van der Waals surface area (Å²) in [5, 5.41) is 3.34. The Balaban J connectivity index is 3.96. The van der Waals surface area contributed by atoms with E-state index in [0.29, 0.717) is 6.04 Å². The fourth-order valence-electron chi connectivity index (χ4n) is 1.66. The minimum atomic E-state index is -2.85. The van der Waals surface area contributed by atoms with Gasteiger partial charge in [0.1, 0.15) is 9.84 Å². The lowest BCUT2D eigenvalue weighted by molar-refractivity contribution is 0.424. The molecule has 4 heteroatoms. The largest absolute Gasteiger partial charge is 0.311 e. The zero-order valence-electron chi connectivity index (χ0n) is 9.71. The second-order valence-electron chi connectivity index (χ2n) is 4.05. The SMILES string of the molecule is CCCC(CC)NC(C)CS(C)(=O)=O. The van der Waals surface area contributed by atoms with Crippen LogP contribution in [0.3, 0.4) is 0 Å². The highest BCUT2D eigenvalue weighted by atomic mass is 32.2. The van der Waals surface area contributed by atoms with E-state index in [-0.39, 0.29) is 11.8 Å². The van der Waals surface area contributed by atoms with Crippen LogP contribution in [0.2, 0.25) is 0 Å². The van der Waals surface area contributed by atoms with Crippen molar-refractivity contribution >= 4 is 9.84 Å². The van der Waals surface area contributed by atoms with E-state index in [4.69, 9.17) is 0 Å². The average Bonchev–Trinajstić information content (AvgIpc) is 2.00. The van der Waals surface area contributed by atoms with Crippen molar-refractivity contribution in [1.82, 2.24) is 5.32 Å². The normalized spacial score (nSPS) is 16.6. The molecule has 86 valence electrons. The van der Waals surface area contributed by atoms with Gasteiger partial charge >= 0.3 is 0 Å². The number of hydrogen-bond acceptors (Lipinski definition) is 3. The molecule has 0 aromatic heterocycles. The zero-order valence-corrected chi connectivity index (χ0v) is 10.5. The van der Waals surface area contributed by atoms with Crippen LogP contribution in [0.15, 0.2) is 0 Å². The first-order valence-corrected chi connectivity index (χ1v) is 7.38. The number of hydrogen-bond donors (Lipinski definition) is 1. The second kappa shape index (κ2) is 6.40. The number of nitrogens with one attached hydrogen (secondary N) is 1. The summed E-state index contributed by atoms with van der Waals surface area (Å²) in [5.74, 6) is 0.229. The molecule has 0 amide bonds. The first kappa shape index (κ1) is 13.9. The van der Waals surface area contributed by atoms with Crippen molar-refractivity contribution in [1.29, 1.82) is 0 Å². The van der Waals surface area contributed by atoms with Crippen LogP contribution in [0.25, 0.3) is 0 Å². The van der Waals surface area contributed by atoms with Crippen LogP contribution in [0.5, 0.6) is 0 Å². The van der Waals surface area contributed by atoms with Gasteiger partial charge < -0.3 is 5.32 Å². The van der Waals surface area contributed by atoms with Crippen LogP contribution in [-0.2, 0) is 9.84 Å². The fourth-order valence-corrected chi connectivity index (χ4v) is 2.66. The van der Waals surface area contributed by atoms with Crippen LogP contribution in [0, 0.1) is 0 Å². The van der Waals surface area contributed by atoms with Gasteiger partial charge in [-0.25, -0.2) is 8.42 Å². The summed E-state index contributed by atoms with van der Waals surface area (Å²) >= 11 is 0. The van der Waals surface area contributed by atoms with E-state index < -0.39 is 9.84 Å². The van der Waals surface area contributed by atoms with Crippen molar-refractivity contribution < 1.29 is 8.42 Å². The van der Waals surface area contributed by atoms with E-state index in [1.54, 1.807) is 0 Å². The van der Waals surface area contributed by atoms with Gasteiger partial charge in [-0.05, 0) is 19.8 Å². The smallest absolute Gasteiger partial charge is 0.148 e. The molecule has 0 aliphatic rings. The molecule has 0 rings (SSSR count). The Hall–Kier alpha value is -0.0900. The maximum Gasteiger partial charge on any atom is 0.148 e. The van der Waals surface area contributed by atoms with Gasteiger partial charge in [0.25, 0.3) is 0 Å². The summed E-state index contributed by atoms with van der Waals surface area (Å²) in [5.41, 5.74) is 0. The minimum absolute atomic E-state index is 0.0569. The molecule has 0 bridgehead atoms. The van der Waals surface area contributed by atoms with Gasteiger partial charge in [0.05, 0.1) is 5.75 Å². The molecule has 0 aromatic carbocycles. The van der Waals surface area contributed by atoms with Gasteiger partial charge in [-0.1, -0.05) is 20.3 Å². The molecule has 14 heavy (non-hydrogen) atoms. The third-order valence-electron chi connectivity index (χ3n) is 2.20. The first-order chi connectivity index (χ1) is 6.39. The summed E-state index contributed by atoms with van der Waals surface area (Å²) < 4.78 is 22.1. The summed E-state index contributed by atoms with van der Waals surface area (Å²) in [6, 6.07) is 0.512. The number of rotatable bonds is 7. The molecule has 0 aliphatic carbocycles. The monoisotopic (exact) mass is 221 g/mol. The zero-order chi connectivity index (χ0) is 11.2. The molecule has 0 spiro atoms. The van der Waals surface area contributed by atoms with Crippen molar-refractivity contribution in [3.63, 3.8) is 0 Å². The maximum atomic E-state index is 11.0. The third kappa shape index (κ3) is 7.33. The minimum Gasteiger partial charge on any atom is -0.311 e. The molecule has 0 fully saturated rings. The molecule has 1 N–H and O–H groups in total. The summed E-state index contributed by atoms with van der Waals surface area (Å²) in [6.07, 6.45) is 4.59. The molecule has 0 aliphatic heterocycles. The highest BCUT2D eigenvalue weighted by molar-refractivity contribution is 7.90. The Morgan fingerprint density at radius 3 is 2.21 bits per heavy atom. The van der Waals surface area contributed by atoms with Gasteiger partial charge in [-0.2, -0.15) is 0 Å². The van der Waals surface area contributed by atoms with Gasteiger partial charge in [-0.15, -0.1) is 0 Å². The number of sulfone groups is 1. The standard InChI is InChI=1S/C10H23NO2S/c1-5-7-10(6-2)11-9(3)8-14(4,12)13/h9-11H,5-8H2,1-4H3. The molecular weight excluding hydrogens is 198 g/mol. The van der Waals surface area contributed by atoms with Crippen molar-refractivity contribution in [2.24, 2.45) is 0 Å². The molecule has 0 heterocycles. The highest BCUT2D eigenvalue weighted by Gasteiger charge is 2.13. The van der Waals surface area contributed by atoms with Gasteiger partial charge in [0.2, 0.25) is 0 Å². The van der Waals surface area contributed by atoms with Gasteiger partial charge in [0.15, 0.2) is 0 Å². The molecule has 0 saturated carbocycles. The molecule has 3 nitrogen and oxygen atoms in total. The molecular formula is C10H23NO2S. The predicted octanol–water partition coefficient (Wildman–Crippen LogP) is 1.59. The van der Waals surface area contributed by atoms with Crippen LogP contribution < -0.4 is 5.32 Å². The van der Waals surface area contributed by atoms with E-state index in [2.05, 4.69) is 19.2 Å². The van der Waals surface area contributed by atoms with E-state index >= 15 is 0 Å². The van der Waals surface area contributed by atoms with Gasteiger partial charge in [0, 0.05) is 18.3 Å². The van der Waals surface area contributed by atoms with Gasteiger partial charge in [-0.3, -0.25) is 0 Å². The maximum absolute atomic E-state index is 11.0. The van der Waals surface area contributed by atoms with Crippen LogP contribution in [0.4, 0.5) is 0 Å². The summed E-state index contributed by atoms with van der Waals surface area (Å²) in [6.45, 7) is 6.20. The predicted molar refractivity (Wildman–Crippen MR) is 61.3 cm³/mol. The average molecular weight is 221 g/mol. The summed E-state index contributed by atoms with van der Waals surface area (Å²) in [4.78, 5) is 0. The lowest BCUT2D eigenvalue weighted by Gasteiger charge is -2.21. The van der Waals surface area contributed by atoms with Crippen molar-refractivity contribution in [2.75, 3.05) is 12.0 Å². The highest BCUT2D eigenvalue weighted by Crippen LogP contribution is 2.03. The van der Waals surface area contributed by atoms with E-state index in [9.17, 15) is 8.42 Å². The molecule has 0 saturated heterocycles. The van der Waals surface area contributed by atoms with Crippen molar-refractivity contribution in [3.05, 3.63) is 0 Å². The van der Waals surface area contributed by atoms with Crippen molar-refractivity contribution in [3.8, 4) is 0 Å². The molecule has 0 aromatic rings. The Kier molecular flexibility index (Phi) is 6.36. The Morgan fingerprint density at radius 2 is 1.86 bits per heavy atom. The van der Waals surface area contributed by atoms with E-state index in [1.165, 1.54) is 6.26 Å². The van der Waals surface area contributed by atoms with Crippen LogP contribution >= 0.6 is 0 Å². The molecule has 2 atom stereocenters. The lowest BCUT2D eigenvalue weighted by Crippen LogP contribution is -2.40. The first-order valence-electron chi connectivity index (χ1n) is 5.32. The molecule has 2 unspecified atom stereocenters. The Bertz CT molecular complexity index is 237. The van der Waals surface area contributed by atoms with Crippen molar-refractivity contribution in [2.45, 2.75) is 52.1 Å².